The van der Waals surface area contributed by atoms with Gasteiger partial charge in [0.2, 0.25) is 0 Å². The molecular weight excluding hydrogens is 260 g/mol. The SMILES string of the molecule is CC1(C)CCCC([C@@H]2c3ccccc3-c3cncn32)[C@@H]1O. The molecule has 3 atom stereocenters. The van der Waals surface area contributed by atoms with Crippen molar-refractivity contribution in [3.63, 3.8) is 0 Å². The lowest BCUT2D eigenvalue weighted by atomic mass is 9.66. The summed E-state index contributed by atoms with van der Waals surface area (Å²) in [5.74, 6) is 0.269. The van der Waals surface area contributed by atoms with E-state index in [-0.39, 0.29) is 23.5 Å². The standard InChI is InChI=1S/C18H22N2O/c1-18(2)9-5-8-14(17(18)21)16-13-7-4-3-6-12(13)15-10-19-11-20(15)16/h3-4,6-7,10-11,14,16-17,21H,5,8-9H2,1-2H3/t14?,16-,17-/m0/s1. The number of aromatic nitrogens is 2. The van der Waals surface area contributed by atoms with Crippen molar-refractivity contribution in [3.8, 4) is 11.3 Å². The first-order chi connectivity index (χ1) is 10.1. The Kier molecular flexibility index (Phi) is 2.77. The van der Waals surface area contributed by atoms with Crippen LogP contribution in [-0.4, -0.2) is 20.8 Å². The molecule has 1 aliphatic heterocycles. The molecule has 110 valence electrons. The topological polar surface area (TPSA) is 38.0 Å². The Morgan fingerprint density at radius 1 is 1.29 bits per heavy atom. The van der Waals surface area contributed by atoms with Crippen molar-refractivity contribution in [2.24, 2.45) is 11.3 Å². The first kappa shape index (κ1) is 13.1. The number of nitrogens with zero attached hydrogens (tertiary/aromatic N) is 2. The Hall–Kier alpha value is -1.61. The van der Waals surface area contributed by atoms with Crippen LogP contribution in [0.25, 0.3) is 11.3 Å². The number of hydrogen-bond acceptors (Lipinski definition) is 2. The minimum atomic E-state index is -0.266. The van der Waals surface area contributed by atoms with Gasteiger partial charge in [-0.25, -0.2) is 4.98 Å². The summed E-state index contributed by atoms with van der Waals surface area (Å²) in [4.78, 5) is 4.33. The Morgan fingerprint density at radius 2 is 2.10 bits per heavy atom. The molecule has 1 saturated carbocycles. The normalized spacial score (nSPS) is 30.0. The van der Waals surface area contributed by atoms with Gasteiger partial charge >= 0.3 is 0 Å². The molecule has 1 unspecified atom stereocenters. The maximum atomic E-state index is 10.9. The zero-order chi connectivity index (χ0) is 14.6. The number of aliphatic hydroxyl groups is 1. The Balaban J connectivity index is 1.82. The van der Waals surface area contributed by atoms with Gasteiger partial charge in [-0.2, -0.15) is 0 Å². The van der Waals surface area contributed by atoms with Crippen LogP contribution in [0.3, 0.4) is 0 Å². The molecule has 4 rings (SSSR count). The predicted molar refractivity (Wildman–Crippen MR) is 82.9 cm³/mol. The molecule has 1 aliphatic carbocycles. The molecule has 3 heteroatoms. The average Bonchev–Trinajstić information content (AvgIpc) is 3.03. The molecule has 1 N–H and O–H groups in total. The summed E-state index contributed by atoms with van der Waals surface area (Å²) in [5.41, 5.74) is 3.81. The third kappa shape index (κ3) is 1.80. The summed E-state index contributed by atoms with van der Waals surface area (Å²) < 4.78 is 2.26. The van der Waals surface area contributed by atoms with Crippen LogP contribution in [0.1, 0.15) is 44.7 Å². The molecule has 0 bridgehead atoms. The highest BCUT2D eigenvalue weighted by molar-refractivity contribution is 5.69. The van der Waals surface area contributed by atoms with E-state index in [1.165, 1.54) is 23.2 Å². The molecule has 3 nitrogen and oxygen atoms in total. The van der Waals surface area contributed by atoms with Crippen LogP contribution in [0.4, 0.5) is 0 Å². The highest BCUT2D eigenvalue weighted by atomic mass is 16.3. The van der Waals surface area contributed by atoms with Gasteiger partial charge in [0.15, 0.2) is 0 Å². The van der Waals surface area contributed by atoms with Gasteiger partial charge < -0.3 is 9.67 Å². The average molecular weight is 282 g/mol. The van der Waals surface area contributed by atoms with Crippen molar-refractivity contribution in [3.05, 3.63) is 42.4 Å². The van der Waals surface area contributed by atoms with Gasteiger partial charge in [0, 0.05) is 11.5 Å². The molecule has 0 saturated heterocycles. The lowest BCUT2D eigenvalue weighted by Gasteiger charge is -2.43. The monoisotopic (exact) mass is 282 g/mol. The maximum Gasteiger partial charge on any atom is 0.0956 e. The van der Waals surface area contributed by atoms with E-state index in [2.05, 4.69) is 47.7 Å². The molecule has 2 aliphatic rings. The number of benzene rings is 1. The van der Waals surface area contributed by atoms with E-state index in [0.29, 0.717) is 0 Å². The van der Waals surface area contributed by atoms with E-state index in [4.69, 9.17) is 0 Å². The highest BCUT2D eigenvalue weighted by Gasteiger charge is 2.45. The summed E-state index contributed by atoms with van der Waals surface area (Å²) in [7, 11) is 0. The lowest BCUT2D eigenvalue weighted by molar-refractivity contribution is -0.0443. The van der Waals surface area contributed by atoms with Crippen LogP contribution in [-0.2, 0) is 0 Å². The molecule has 1 fully saturated rings. The van der Waals surface area contributed by atoms with Crippen LogP contribution in [0.5, 0.6) is 0 Å². The van der Waals surface area contributed by atoms with Crippen molar-refractivity contribution < 1.29 is 5.11 Å². The van der Waals surface area contributed by atoms with Gasteiger partial charge in [-0.3, -0.25) is 0 Å². The lowest BCUT2D eigenvalue weighted by Crippen LogP contribution is -2.43. The van der Waals surface area contributed by atoms with Crippen LogP contribution in [0.2, 0.25) is 0 Å². The molecular formula is C18H22N2O. The molecule has 0 amide bonds. The molecule has 0 radical (unpaired) electrons. The summed E-state index contributed by atoms with van der Waals surface area (Å²) in [5, 5.41) is 10.9. The fourth-order valence-corrected chi connectivity index (χ4v) is 4.32. The quantitative estimate of drug-likeness (QED) is 0.867. The van der Waals surface area contributed by atoms with E-state index < -0.39 is 0 Å². The zero-order valence-corrected chi connectivity index (χ0v) is 12.7. The van der Waals surface area contributed by atoms with Gasteiger partial charge in [-0.15, -0.1) is 0 Å². The van der Waals surface area contributed by atoms with E-state index in [9.17, 15) is 5.11 Å². The number of fused-ring (bicyclic) bond motifs is 3. The van der Waals surface area contributed by atoms with Crippen molar-refractivity contribution in [2.75, 3.05) is 0 Å². The second-order valence-corrected chi connectivity index (χ2v) is 7.21. The second-order valence-electron chi connectivity index (χ2n) is 7.21. The highest BCUT2D eigenvalue weighted by Crippen LogP contribution is 2.50. The van der Waals surface area contributed by atoms with Crippen molar-refractivity contribution in [1.29, 1.82) is 0 Å². The van der Waals surface area contributed by atoms with Crippen LogP contribution < -0.4 is 0 Å². The Morgan fingerprint density at radius 3 is 2.95 bits per heavy atom. The smallest absolute Gasteiger partial charge is 0.0956 e. The van der Waals surface area contributed by atoms with Crippen molar-refractivity contribution >= 4 is 0 Å². The van der Waals surface area contributed by atoms with Crippen LogP contribution >= 0.6 is 0 Å². The largest absolute Gasteiger partial charge is 0.392 e. The van der Waals surface area contributed by atoms with Crippen molar-refractivity contribution in [2.45, 2.75) is 45.3 Å². The van der Waals surface area contributed by atoms with Gasteiger partial charge in [0.1, 0.15) is 0 Å². The Labute approximate surface area is 125 Å². The molecule has 21 heavy (non-hydrogen) atoms. The summed E-state index contributed by atoms with van der Waals surface area (Å²) in [6.07, 6.45) is 6.99. The fourth-order valence-electron chi connectivity index (χ4n) is 4.32. The van der Waals surface area contributed by atoms with Gasteiger partial charge in [-0.1, -0.05) is 44.5 Å². The van der Waals surface area contributed by atoms with E-state index in [1.54, 1.807) is 0 Å². The van der Waals surface area contributed by atoms with Crippen molar-refractivity contribution in [1.82, 2.24) is 9.55 Å². The van der Waals surface area contributed by atoms with E-state index >= 15 is 0 Å². The first-order valence-corrected chi connectivity index (χ1v) is 7.89. The molecule has 2 heterocycles. The zero-order valence-electron chi connectivity index (χ0n) is 12.7. The summed E-state index contributed by atoms with van der Waals surface area (Å²) in [6, 6.07) is 8.80. The number of imidazole rings is 1. The van der Waals surface area contributed by atoms with Crippen LogP contribution in [0.15, 0.2) is 36.8 Å². The van der Waals surface area contributed by atoms with Gasteiger partial charge in [-0.05, 0) is 23.8 Å². The Bertz CT molecular complexity index is 673. The minimum absolute atomic E-state index is 0.00119. The maximum absolute atomic E-state index is 10.9. The third-order valence-electron chi connectivity index (χ3n) is 5.49. The third-order valence-corrected chi connectivity index (χ3v) is 5.49. The second kappa shape index (κ2) is 4.44. The summed E-state index contributed by atoms with van der Waals surface area (Å²) in [6.45, 7) is 4.39. The number of hydrogen-bond donors (Lipinski definition) is 1. The number of aliphatic hydroxyl groups excluding tert-OH is 1. The molecule has 0 spiro atoms. The van der Waals surface area contributed by atoms with Gasteiger partial charge in [0.05, 0.1) is 30.4 Å². The van der Waals surface area contributed by atoms with E-state index in [0.717, 1.165) is 12.8 Å². The molecule has 1 aromatic heterocycles. The summed E-state index contributed by atoms with van der Waals surface area (Å²) >= 11 is 0. The molecule has 1 aromatic carbocycles. The minimum Gasteiger partial charge on any atom is -0.392 e. The van der Waals surface area contributed by atoms with Crippen LogP contribution in [0, 0.1) is 11.3 Å². The predicted octanol–water partition coefficient (Wildman–Crippen LogP) is 3.64. The molecule has 2 aromatic rings. The van der Waals surface area contributed by atoms with E-state index in [1.807, 2.05) is 12.5 Å². The number of rotatable bonds is 1. The fraction of sp³-hybridized carbons (Fsp3) is 0.500. The first-order valence-electron chi connectivity index (χ1n) is 7.89. The van der Waals surface area contributed by atoms with Gasteiger partial charge in [0.25, 0.3) is 0 Å².